The van der Waals surface area contributed by atoms with Crippen molar-refractivity contribution in [3.8, 4) is 5.75 Å². The lowest BCUT2D eigenvalue weighted by molar-refractivity contribution is 0.102. The fraction of sp³-hybridized carbons (Fsp3) is 0.167. The first kappa shape index (κ1) is 15.7. The van der Waals surface area contributed by atoms with Crippen molar-refractivity contribution in [1.82, 2.24) is 9.55 Å². The summed E-state index contributed by atoms with van der Waals surface area (Å²) < 4.78 is 6.92. The molecule has 1 amide bonds. The SMILES string of the molecule is COc1ccc2c(c1)c(=O)c(C(=O)Nc1ncccc1C)cn2C. The molecule has 0 aliphatic heterocycles. The van der Waals surface area contributed by atoms with E-state index in [1.165, 1.54) is 13.3 Å². The van der Waals surface area contributed by atoms with E-state index in [-0.39, 0.29) is 11.0 Å². The van der Waals surface area contributed by atoms with E-state index in [2.05, 4.69) is 10.3 Å². The molecule has 0 fully saturated rings. The topological polar surface area (TPSA) is 73.2 Å². The molecule has 0 saturated heterocycles. The van der Waals surface area contributed by atoms with E-state index >= 15 is 0 Å². The van der Waals surface area contributed by atoms with Crippen LogP contribution < -0.4 is 15.5 Å². The highest BCUT2D eigenvalue weighted by atomic mass is 16.5. The molecule has 0 aliphatic rings. The summed E-state index contributed by atoms with van der Waals surface area (Å²) in [6.45, 7) is 1.84. The average molecular weight is 323 g/mol. The van der Waals surface area contributed by atoms with Crippen LogP contribution in [0.3, 0.4) is 0 Å². The van der Waals surface area contributed by atoms with Gasteiger partial charge in [0.1, 0.15) is 17.1 Å². The molecule has 3 aromatic rings. The quantitative estimate of drug-likeness (QED) is 0.804. The molecular formula is C18H17N3O3. The van der Waals surface area contributed by atoms with Gasteiger partial charge in [0.25, 0.3) is 5.91 Å². The predicted octanol–water partition coefficient (Wildman–Crippen LogP) is 2.50. The van der Waals surface area contributed by atoms with Crippen molar-refractivity contribution in [2.24, 2.45) is 7.05 Å². The Kier molecular flexibility index (Phi) is 4.04. The fourth-order valence-corrected chi connectivity index (χ4v) is 2.55. The van der Waals surface area contributed by atoms with Gasteiger partial charge in [-0.3, -0.25) is 9.59 Å². The van der Waals surface area contributed by atoms with Gasteiger partial charge in [-0.2, -0.15) is 0 Å². The first-order valence-electron chi connectivity index (χ1n) is 7.41. The van der Waals surface area contributed by atoms with Crippen LogP contribution in [0.5, 0.6) is 5.75 Å². The maximum absolute atomic E-state index is 12.7. The van der Waals surface area contributed by atoms with Gasteiger partial charge in [0.2, 0.25) is 5.43 Å². The summed E-state index contributed by atoms with van der Waals surface area (Å²) in [6, 6.07) is 8.83. The minimum Gasteiger partial charge on any atom is -0.497 e. The molecule has 3 rings (SSSR count). The molecule has 0 unspecified atom stereocenters. The lowest BCUT2D eigenvalue weighted by Gasteiger charge is -2.11. The van der Waals surface area contributed by atoms with Gasteiger partial charge in [0.05, 0.1) is 18.0 Å². The second-order valence-electron chi connectivity index (χ2n) is 5.49. The highest BCUT2D eigenvalue weighted by molar-refractivity contribution is 6.05. The number of aryl methyl sites for hydroxylation is 2. The number of hydrogen-bond donors (Lipinski definition) is 1. The van der Waals surface area contributed by atoms with Crippen molar-refractivity contribution in [2.75, 3.05) is 12.4 Å². The van der Waals surface area contributed by atoms with E-state index in [9.17, 15) is 9.59 Å². The number of fused-ring (bicyclic) bond motifs is 1. The molecule has 2 heterocycles. The van der Waals surface area contributed by atoms with Crippen molar-refractivity contribution >= 4 is 22.6 Å². The molecule has 6 heteroatoms. The number of rotatable bonds is 3. The monoisotopic (exact) mass is 323 g/mol. The molecular weight excluding hydrogens is 306 g/mol. The molecule has 1 N–H and O–H groups in total. The molecule has 0 radical (unpaired) electrons. The van der Waals surface area contributed by atoms with Crippen LogP contribution >= 0.6 is 0 Å². The lowest BCUT2D eigenvalue weighted by atomic mass is 10.1. The number of pyridine rings is 2. The standard InChI is InChI=1S/C18H17N3O3/c1-11-5-4-8-19-17(11)20-18(23)14-10-21(2)15-7-6-12(24-3)9-13(15)16(14)22/h4-10H,1-3H3,(H,19,20,23). The highest BCUT2D eigenvalue weighted by Crippen LogP contribution is 2.19. The largest absolute Gasteiger partial charge is 0.497 e. The van der Waals surface area contributed by atoms with Gasteiger partial charge in [0.15, 0.2) is 0 Å². The van der Waals surface area contributed by atoms with Gasteiger partial charge in [0, 0.05) is 19.4 Å². The van der Waals surface area contributed by atoms with Crippen molar-refractivity contribution in [2.45, 2.75) is 6.92 Å². The van der Waals surface area contributed by atoms with Crippen molar-refractivity contribution in [3.05, 3.63) is 64.1 Å². The number of ether oxygens (including phenoxy) is 1. The van der Waals surface area contributed by atoms with E-state index in [1.54, 1.807) is 42.1 Å². The first-order chi connectivity index (χ1) is 11.5. The van der Waals surface area contributed by atoms with Crippen LogP contribution in [0.25, 0.3) is 10.9 Å². The summed E-state index contributed by atoms with van der Waals surface area (Å²) in [5.74, 6) is 0.523. The molecule has 0 saturated carbocycles. The minimum atomic E-state index is -0.484. The summed E-state index contributed by atoms with van der Waals surface area (Å²) in [6.07, 6.45) is 3.12. The van der Waals surface area contributed by atoms with Crippen molar-refractivity contribution in [3.63, 3.8) is 0 Å². The number of nitrogens with one attached hydrogen (secondary N) is 1. The van der Waals surface area contributed by atoms with E-state index in [0.717, 1.165) is 11.1 Å². The van der Waals surface area contributed by atoms with Crippen LogP contribution in [0.1, 0.15) is 15.9 Å². The summed E-state index contributed by atoms with van der Waals surface area (Å²) in [7, 11) is 3.32. The molecule has 24 heavy (non-hydrogen) atoms. The number of nitrogens with zero attached hydrogens (tertiary/aromatic N) is 2. The Bertz CT molecular complexity index is 992. The Labute approximate surface area is 138 Å². The van der Waals surface area contributed by atoms with Gasteiger partial charge >= 0.3 is 0 Å². The predicted molar refractivity (Wildman–Crippen MR) is 92.7 cm³/mol. The van der Waals surface area contributed by atoms with E-state index < -0.39 is 5.91 Å². The summed E-state index contributed by atoms with van der Waals surface area (Å²) in [5.41, 5.74) is 1.27. The van der Waals surface area contributed by atoms with Gasteiger partial charge in [-0.15, -0.1) is 0 Å². The van der Waals surface area contributed by atoms with Crippen molar-refractivity contribution in [1.29, 1.82) is 0 Å². The third-order valence-corrected chi connectivity index (χ3v) is 3.88. The Hall–Kier alpha value is -3.15. The first-order valence-corrected chi connectivity index (χ1v) is 7.41. The van der Waals surface area contributed by atoms with Gasteiger partial charge in [-0.05, 0) is 36.8 Å². The Morgan fingerprint density at radius 1 is 1.29 bits per heavy atom. The number of carbonyl (C=O) groups is 1. The Balaban J connectivity index is 2.09. The average Bonchev–Trinajstić information content (AvgIpc) is 2.59. The molecule has 1 aromatic carbocycles. The van der Waals surface area contributed by atoms with E-state index in [1.807, 2.05) is 13.0 Å². The van der Waals surface area contributed by atoms with Gasteiger partial charge in [-0.1, -0.05) is 6.07 Å². The summed E-state index contributed by atoms with van der Waals surface area (Å²) in [5, 5.41) is 3.13. The van der Waals surface area contributed by atoms with Crippen LogP contribution in [-0.2, 0) is 7.05 Å². The molecule has 2 aromatic heterocycles. The molecule has 0 bridgehead atoms. The third kappa shape index (κ3) is 2.74. The molecule has 0 spiro atoms. The Morgan fingerprint density at radius 2 is 2.08 bits per heavy atom. The summed E-state index contributed by atoms with van der Waals surface area (Å²) in [4.78, 5) is 29.4. The van der Waals surface area contributed by atoms with Crippen LogP contribution in [0.2, 0.25) is 0 Å². The lowest BCUT2D eigenvalue weighted by Crippen LogP contribution is -2.24. The van der Waals surface area contributed by atoms with E-state index in [4.69, 9.17) is 4.74 Å². The van der Waals surface area contributed by atoms with Crippen LogP contribution in [0.4, 0.5) is 5.82 Å². The number of aromatic nitrogens is 2. The smallest absolute Gasteiger partial charge is 0.262 e. The zero-order valence-corrected chi connectivity index (χ0v) is 13.7. The zero-order chi connectivity index (χ0) is 17.3. The third-order valence-electron chi connectivity index (χ3n) is 3.88. The Morgan fingerprint density at radius 3 is 2.79 bits per heavy atom. The number of methoxy groups -OCH3 is 1. The number of hydrogen-bond acceptors (Lipinski definition) is 4. The van der Waals surface area contributed by atoms with Crippen LogP contribution in [0, 0.1) is 6.92 Å². The highest BCUT2D eigenvalue weighted by Gasteiger charge is 2.16. The second kappa shape index (κ2) is 6.16. The maximum atomic E-state index is 12.7. The molecule has 122 valence electrons. The van der Waals surface area contributed by atoms with E-state index in [0.29, 0.717) is 17.0 Å². The number of amides is 1. The second-order valence-corrected chi connectivity index (χ2v) is 5.49. The summed E-state index contributed by atoms with van der Waals surface area (Å²) >= 11 is 0. The molecule has 0 atom stereocenters. The molecule has 6 nitrogen and oxygen atoms in total. The maximum Gasteiger partial charge on any atom is 0.262 e. The van der Waals surface area contributed by atoms with Gasteiger partial charge < -0.3 is 14.6 Å². The minimum absolute atomic E-state index is 0.0586. The van der Waals surface area contributed by atoms with Crippen molar-refractivity contribution < 1.29 is 9.53 Å². The number of benzene rings is 1. The fourth-order valence-electron chi connectivity index (χ4n) is 2.55. The molecule has 0 aliphatic carbocycles. The normalized spacial score (nSPS) is 10.6. The number of anilines is 1. The van der Waals surface area contributed by atoms with Gasteiger partial charge in [-0.25, -0.2) is 4.98 Å². The number of carbonyl (C=O) groups excluding carboxylic acids is 1. The van der Waals surface area contributed by atoms with Crippen LogP contribution in [0.15, 0.2) is 47.5 Å². The zero-order valence-electron chi connectivity index (χ0n) is 13.7. The van der Waals surface area contributed by atoms with Crippen LogP contribution in [-0.4, -0.2) is 22.6 Å².